The lowest BCUT2D eigenvalue weighted by atomic mass is 10.1. The van der Waals surface area contributed by atoms with Gasteiger partial charge in [0.1, 0.15) is 0 Å². The van der Waals surface area contributed by atoms with Crippen LogP contribution in [0.25, 0.3) is 10.9 Å². The Morgan fingerprint density at radius 2 is 2.06 bits per heavy atom. The molecule has 0 spiro atoms. The van der Waals surface area contributed by atoms with Gasteiger partial charge in [-0.05, 0) is 18.1 Å². The zero-order valence-corrected chi connectivity index (χ0v) is 10.6. The molecule has 0 saturated heterocycles. The number of hydrogen-bond donors (Lipinski definition) is 2. The first kappa shape index (κ1) is 11.6. The first-order valence-electron chi connectivity index (χ1n) is 5.63. The average Bonchev–Trinajstić information content (AvgIpc) is 2.68. The van der Waals surface area contributed by atoms with Crippen molar-refractivity contribution in [3.8, 4) is 0 Å². The average molecular weight is 234 g/mol. The number of para-hydroxylation sites is 1. The third-order valence-electron chi connectivity index (χ3n) is 2.79. The van der Waals surface area contributed by atoms with Crippen LogP contribution in [-0.4, -0.2) is 16.8 Å². The van der Waals surface area contributed by atoms with Gasteiger partial charge < -0.3 is 10.7 Å². The summed E-state index contributed by atoms with van der Waals surface area (Å²) in [6.45, 7) is 4.33. The lowest BCUT2D eigenvalue weighted by molar-refractivity contribution is 0.535. The molecule has 2 aromatic rings. The molecule has 0 bridgehead atoms. The molecule has 1 aromatic carbocycles. The van der Waals surface area contributed by atoms with Crippen LogP contribution in [0.1, 0.15) is 13.8 Å². The van der Waals surface area contributed by atoms with Crippen LogP contribution in [-0.2, 0) is 0 Å². The second-order valence-corrected chi connectivity index (χ2v) is 5.50. The summed E-state index contributed by atoms with van der Waals surface area (Å²) in [6, 6.07) is 10.8. The van der Waals surface area contributed by atoms with Gasteiger partial charge in [0.2, 0.25) is 0 Å². The molecule has 0 radical (unpaired) electrons. The van der Waals surface area contributed by atoms with Crippen LogP contribution in [0.3, 0.4) is 0 Å². The molecule has 3 heteroatoms. The number of hydrogen-bond acceptors (Lipinski definition) is 2. The van der Waals surface area contributed by atoms with Gasteiger partial charge in [0.15, 0.2) is 0 Å². The minimum atomic E-state index is 0.261. The van der Waals surface area contributed by atoms with Crippen molar-refractivity contribution in [2.24, 2.45) is 11.7 Å². The Morgan fingerprint density at radius 3 is 2.75 bits per heavy atom. The van der Waals surface area contributed by atoms with E-state index in [0.29, 0.717) is 5.92 Å². The zero-order valence-electron chi connectivity index (χ0n) is 9.73. The first-order valence-corrected chi connectivity index (χ1v) is 6.61. The second-order valence-electron chi connectivity index (χ2n) is 4.44. The van der Waals surface area contributed by atoms with Crippen molar-refractivity contribution in [1.82, 2.24) is 4.98 Å². The summed E-state index contributed by atoms with van der Waals surface area (Å²) in [6.07, 6.45) is 0. The molecule has 1 unspecified atom stereocenters. The van der Waals surface area contributed by atoms with E-state index in [0.717, 1.165) is 5.75 Å². The Labute approximate surface area is 101 Å². The van der Waals surface area contributed by atoms with E-state index in [1.807, 2.05) is 6.07 Å². The number of nitrogens with one attached hydrogen (secondary N) is 1. The first-order chi connectivity index (χ1) is 7.66. The molecule has 1 heterocycles. The van der Waals surface area contributed by atoms with Gasteiger partial charge in [-0.1, -0.05) is 32.0 Å². The van der Waals surface area contributed by atoms with Crippen LogP contribution in [0, 0.1) is 5.92 Å². The van der Waals surface area contributed by atoms with E-state index in [2.05, 4.69) is 43.1 Å². The number of thioether (sulfide) groups is 1. The maximum atomic E-state index is 6.02. The summed E-state index contributed by atoms with van der Waals surface area (Å²) in [5, 5.41) is 2.47. The summed E-state index contributed by atoms with van der Waals surface area (Å²) in [5.74, 6) is 1.50. The predicted octanol–water partition coefficient (Wildman–Crippen LogP) is 3.24. The van der Waals surface area contributed by atoms with E-state index < -0.39 is 0 Å². The van der Waals surface area contributed by atoms with E-state index in [4.69, 9.17) is 5.73 Å². The van der Waals surface area contributed by atoms with E-state index in [9.17, 15) is 0 Å². The van der Waals surface area contributed by atoms with Gasteiger partial charge in [0, 0.05) is 22.7 Å². The summed E-state index contributed by atoms with van der Waals surface area (Å²) < 4.78 is 0. The topological polar surface area (TPSA) is 41.8 Å². The summed E-state index contributed by atoms with van der Waals surface area (Å²) in [5.41, 5.74) is 7.22. The zero-order chi connectivity index (χ0) is 11.5. The Morgan fingerprint density at radius 1 is 1.31 bits per heavy atom. The van der Waals surface area contributed by atoms with Crippen molar-refractivity contribution in [3.05, 3.63) is 30.3 Å². The van der Waals surface area contributed by atoms with Crippen LogP contribution in [0.2, 0.25) is 0 Å². The Bertz CT molecular complexity index is 429. The number of benzene rings is 1. The van der Waals surface area contributed by atoms with Crippen LogP contribution in [0.5, 0.6) is 0 Å². The van der Waals surface area contributed by atoms with E-state index in [1.54, 1.807) is 11.8 Å². The quantitative estimate of drug-likeness (QED) is 0.797. The van der Waals surface area contributed by atoms with Crippen molar-refractivity contribution in [2.75, 3.05) is 5.75 Å². The Balaban J connectivity index is 2.05. The predicted molar refractivity (Wildman–Crippen MR) is 71.8 cm³/mol. The number of H-pyrrole nitrogens is 1. The minimum absolute atomic E-state index is 0.261. The summed E-state index contributed by atoms with van der Waals surface area (Å²) >= 11 is 1.80. The van der Waals surface area contributed by atoms with Gasteiger partial charge in [0.25, 0.3) is 0 Å². The van der Waals surface area contributed by atoms with Crippen LogP contribution in [0.15, 0.2) is 35.4 Å². The molecule has 16 heavy (non-hydrogen) atoms. The molecule has 1 atom stereocenters. The maximum Gasteiger partial charge on any atom is 0.0733 e. The molecule has 0 aliphatic carbocycles. The van der Waals surface area contributed by atoms with Gasteiger partial charge in [-0.15, -0.1) is 11.8 Å². The fourth-order valence-electron chi connectivity index (χ4n) is 1.50. The molecule has 3 N–H and O–H groups in total. The molecule has 0 aliphatic rings. The van der Waals surface area contributed by atoms with Crippen molar-refractivity contribution in [3.63, 3.8) is 0 Å². The highest BCUT2D eigenvalue weighted by molar-refractivity contribution is 7.99. The van der Waals surface area contributed by atoms with E-state index in [1.165, 1.54) is 15.9 Å². The van der Waals surface area contributed by atoms with Gasteiger partial charge in [-0.3, -0.25) is 0 Å². The van der Waals surface area contributed by atoms with Crippen LogP contribution in [0.4, 0.5) is 0 Å². The minimum Gasteiger partial charge on any atom is -0.350 e. The number of aromatic nitrogens is 1. The summed E-state index contributed by atoms with van der Waals surface area (Å²) in [7, 11) is 0. The number of aromatic amines is 1. The van der Waals surface area contributed by atoms with Crippen LogP contribution >= 0.6 is 11.8 Å². The van der Waals surface area contributed by atoms with Crippen molar-refractivity contribution in [2.45, 2.75) is 24.9 Å². The van der Waals surface area contributed by atoms with E-state index in [-0.39, 0.29) is 6.04 Å². The molecule has 0 saturated carbocycles. The standard InChI is InChI=1S/C13H18N2S/c1-9(2)11(14)8-16-13-7-10-5-3-4-6-12(10)15-13/h3-7,9,11,15H,8,14H2,1-2H3. The molecule has 0 fully saturated rings. The van der Waals surface area contributed by atoms with Crippen molar-refractivity contribution >= 4 is 22.7 Å². The van der Waals surface area contributed by atoms with Gasteiger partial charge in [-0.25, -0.2) is 0 Å². The molecule has 0 aliphatic heterocycles. The van der Waals surface area contributed by atoms with Gasteiger partial charge >= 0.3 is 0 Å². The van der Waals surface area contributed by atoms with Gasteiger partial charge in [0.05, 0.1) is 5.03 Å². The fourth-order valence-corrected chi connectivity index (χ4v) is 2.65. The number of rotatable bonds is 4. The Hall–Kier alpha value is -0.930. The number of nitrogens with two attached hydrogens (primary N) is 1. The highest BCUT2D eigenvalue weighted by Crippen LogP contribution is 2.24. The fraction of sp³-hybridized carbons (Fsp3) is 0.385. The molecule has 2 rings (SSSR count). The third kappa shape index (κ3) is 2.60. The monoisotopic (exact) mass is 234 g/mol. The molecular formula is C13H18N2S. The molecule has 86 valence electrons. The normalized spacial score (nSPS) is 13.5. The molecule has 0 amide bonds. The highest BCUT2D eigenvalue weighted by atomic mass is 32.2. The van der Waals surface area contributed by atoms with E-state index >= 15 is 0 Å². The highest BCUT2D eigenvalue weighted by Gasteiger charge is 2.08. The smallest absolute Gasteiger partial charge is 0.0733 e. The largest absolute Gasteiger partial charge is 0.350 e. The maximum absolute atomic E-state index is 6.02. The third-order valence-corrected chi connectivity index (χ3v) is 3.88. The molecule has 1 aromatic heterocycles. The second kappa shape index (κ2) is 4.93. The SMILES string of the molecule is CC(C)C(N)CSc1cc2ccccc2[nH]1. The molecular weight excluding hydrogens is 216 g/mol. The van der Waals surface area contributed by atoms with Crippen molar-refractivity contribution < 1.29 is 0 Å². The molecule has 2 nitrogen and oxygen atoms in total. The van der Waals surface area contributed by atoms with Gasteiger partial charge in [-0.2, -0.15) is 0 Å². The number of fused-ring (bicyclic) bond motifs is 1. The Kier molecular flexibility index (Phi) is 3.56. The summed E-state index contributed by atoms with van der Waals surface area (Å²) in [4.78, 5) is 3.40. The lowest BCUT2D eigenvalue weighted by Gasteiger charge is -2.13. The lowest BCUT2D eigenvalue weighted by Crippen LogP contribution is -2.28. The van der Waals surface area contributed by atoms with Crippen LogP contribution < -0.4 is 5.73 Å². The van der Waals surface area contributed by atoms with Crippen molar-refractivity contribution in [1.29, 1.82) is 0 Å².